The number of anilines is 1. The predicted octanol–water partition coefficient (Wildman–Crippen LogP) is 3.89. The minimum Gasteiger partial charge on any atom is -0.353 e. The van der Waals surface area contributed by atoms with Crippen LogP contribution in [0.1, 0.15) is 52.4 Å². The van der Waals surface area contributed by atoms with Crippen molar-refractivity contribution in [3.63, 3.8) is 0 Å². The maximum Gasteiger partial charge on any atom is 0.221 e. The average Bonchev–Trinajstić information content (AvgIpc) is 3.03. The predicted molar refractivity (Wildman–Crippen MR) is 109 cm³/mol. The third-order valence-corrected chi connectivity index (χ3v) is 5.29. The molecule has 1 aromatic carbocycles. The van der Waals surface area contributed by atoms with E-state index in [1.54, 1.807) is 0 Å². The Kier molecular flexibility index (Phi) is 7.57. The standard InChI is InChI=1S/C20H30N4OS/c1-14(2)16(5)21-19(25)11-12-24(15(3)4)20-22-18(23-26-20)13-17-9-7-6-8-10-17/h6-10,14-16H,11-13H2,1-5H3,(H,21,25). The maximum absolute atomic E-state index is 12.2. The highest BCUT2D eigenvalue weighted by molar-refractivity contribution is 7.09. The Bertz CT molecular complexity index is 684. The fourth-order valence-electron chi connectivity index (χ4n) is 2.50. The molecule has 0 aliphatic carbocycles. The van der Waals surface area contributed by atoms with Crippen molar-refractivity contribution in [1.29, 1.82) is 0 Å². The number of hydrogen-bond acceptors (Lipinski definition) is 5. The van der Waals surface area contributed by atoms with Crippen molar-refractivity contribution in [2.75, 3.05) is 11.4 Å². The number of nitrogens with one attached hydrogen (secondary N) is 1. The minimum atomic E-state index is 0.0888. The summed E-state index contributed by atoms with van der Waals surface area (Å²) < 4.78 is 4.50. The number of hydrogen-bond donors (Lipinski definition) is 1. The van der Waals surface area contributed by atoms with Gasteiger partial charge in [0.05, 0.1) is 0 Å². The molecular weight excluding hydrogens is 344 g/mol. The SMILES string of the molecule is CC(C)C(C)NC(=O)CCN(c1nc(Cc2ccccc2)ns1)C(C)C. The van der Waals surface area contributed by atoms with Crippen LogP contribution < -0.4 is 10.2 Å². The van der Waals surface area contributed by atoms with Crippen molar-refractivity contribution in [3.05, 3.63) is 41.7 Å². The Morgan fingerprint density at radius 3 is 2.46 bits per heavy atom. The van der Waals surface area contributed by atoms with Gasteiger partial charge in [-0.1, -0.05) is 44.2 Å². The molecule has 1 amide bonds. The zero-order valence-corrected chi connectivity index (χ0v) is 17.2. The molecule has 1 aromatic heterocycles. The van der Waals surface area contributed by atoms with Crippen LogP contribution in [0.25, 0.3) is 0 Å². The zero-order valence-electron chi connectivity index (χ0n) is 16.4. The van der Waals surface area contributed by atoms with Crippen LogP contribution in [-0.2, 0) is 11.2 Å². The molecule has 1 atom stereocenters. The molecule has 1 N–H and O–H groups in total. The van der Waals surface area contributed by atoms with Gasteiger partial charge in [0.15, 0.2) is 0 Å². The molecule has 142 valence electrons. The van der Waals surface area contributed by atoms with Crippen LogP contribution in [0.5, 0.6) is 0 Å². The molecular formula is C20H30N4OS. The zero-order chi connectivity index (χ0) is 19.1. The second-order valence-electron chi connectivity index (χ2n) is 7.29. The second kappa shape index (κ2) is 9.67. The lowest BCUT2D eigenvalue weighted by Crippen LogP contribution is -2.39. The van der Waals surface area contributed by atoms with Gasteiger partial charge in [0, 0.05) is 43.0 Å². The molecule has 0 aliphatic rings. The van der Waals surface area contributed by atoms with Gasteiger partial charge in [-0.2, -0.15) is 4.37 Å². The summed E-state index contributed by atoms with van der Waals surface area (Å²) in [4.78, 5) is 19.0. The summed E-state index contributed by atoms with van der Waals surface area (Å²) in [5.41, 5.74) is 1.20. The van der Waals surface area contributed by atoms with Crippen molar-refractivity contribution in [2.24, 2.45) is 5.92 Å². The second-order valence-corrected chi connectivity index (χ2v) is 8.02. The van der Waals surface area contributed by atoms with E-state index in [4.69, 9.17) is 4.98 Å². The number of nitrogens with zero attached hydrogens (tertiary/aromatic N) is 3. The molecule has 0 bridgehead atoms. The van der Waals surface area contributed by atoms with Crippen LogP contribution in [-0.4, -0.2) is 33.9 Å². The molecule has 26 heavy (non-hydrogen) atoms. The number of benzene rings is 1. The van der Waals surface area contributed by atoms with Crippen molar-refractivity contribution >= 4 is 22.6 Å². The van der Waals surface area contributed by atoms with E-state index in [1.807, 2.05) is 25.1 Å². The molecule has 6 heteroatoms. The van der Waals surface area contributed by atoms with E-state index in [1.165, 1.54) is 17.1 Å². The van der Waals surface area contributed by atoms with E-state index < -0.39 is 0 Å². The number of carbonyl (C=O) groups excluding carboxylic acids is 1. The Labute approximate surface area is 161 Å². The van der Waals surface area contributed by atoms with Crippen LogP contribution in [0.4, 0.5) is 5.13 Å². The van der Waals surface area contributed by atoms with E-state index in [2.05, 4.69) is 54.4 Å². The minimum absolute atomic E-state index is 0.0888. The Hall–Kier alpha value is -1.95. The number of amides is 1. The first-order valence-electron chi connectivity index (χ1n) is 9.29. The Morgan fingerprint density at radius 1 is 1.15 bits per heavy atom. The van der Waals surface area contributed by atoms with Crippen LogP contribution in [0.15, 0.2) is 30.3 Å². The molecule has 2 aromatic rings. The molecule has 0 radical (unpaired) electrons. The van der Waals surface area contributed by atoms with Gasteiger partial charge in [-0.25, -0.2) is 4.98 Å². The first kappa shape index (κ1) is 20.4. The van der Waals surface area contributed by atoms with E-state index in [-0.39, 0.29) is 18.0 Å². The van der Waals surface area contributed by atoms with Crippen LogP contribution in [0, 0.1) is 5.92 Å². The Balaban J connectivity index is 1.96. The first-order chi connectivity index (χ1) is 12.4. The van der Waals surface area contributed by atoms with Crippen LogP contribution >= 0.6 is 11.5 Å². The highest BCUT2D eigenvalue weighted by Crippen LogP contribution is 2.21. The number of aromatic nitrogens is 2. The maximum atomic E-state index is 12.2. The monoisotopic (exact) mass is 374 g/mol. The lowest BCUT2D eigenvalue weighted by molar-refractivity contribution is -0.121. The molecule has 1 heterocycles. The van der Waals surface area contributed by atoms with Gasteiger partial charge in [-0.3, -0.25) is 4.79 Å². The first-order valence-corrected chi connectivity index (χ1v) is 10.1. The highest BCUT2D eigenvalue weighted by atomic mass is 32.1. The Morgan fingerprint density at radius 2 is 1.85 bits per heavy atom. The van der Waals surface area contributed by atoms with Gasteiger partial charge in [0.25, 0.3) is 0 Å². The molecule has 1 unspecified atom stereocenters. The summed E-state index contributed by atoms with van der Waals surface area (Å²) in [6.45, 7) is 11.2. The summed E-state index contributed by atoms with van der Waals surface area (Å²) in [6.07, 6.45) is 1.19. The molecule has 2 rings (SSSR count). The van der Waals surface area contributed by atoms with Crippen molar-refractivity contribution in [1.82, 2.24) is 14.7 Å². The largest absolute Gasteiger partial charge is 0.353 e. The third kappa shape index (κ3) is 6.09. The van der Waals surface area contributed by atoms with Gasteiger partial charge in [0.1, 0.15) is 5.82 Å². The summed E-state index contributed by atoms with van der Waals surface area (Å²) in [5.74, 6) is 1.36. The van der Waals surface area contributed by atoms with Gasteiger partial charge < -0.3 is 10.2 Å². The van der Waals surface area contributed by atoms with Gasteiger partial charge in [-0.15, -0.1) is 0 Å². The number of rotatable bonds is 9. The topological polar surface area (TPSA) is 58.1 Å². The summed E-state index contributed by atoms with van der Waals surface area (Å²) in [5, 5.41) is 3.95. The normalized spacial score (nSPS) is 12.4. The van der Waals surface area contributed by atoms with Gasteiger partial charge in [0.2, 0.25) is 11.0 Å². The lowest BCUT2D eigenvalue weighted by Gasteiger charge is -2.26. The van der Waals surface area contributed by atoms with E-state index in [0.717, 1.165) is 17.4 Å². The van der Waals surface area contributed by atoms with Crippen molar-refractivity contribution in [3.8, 4) is 0 Å². The fourth-order valence-corrected chi connectivity index (χ4v) is 3.35. The van der Waals surface area contributed by atoms with E-state index in [9.17, 15) is 4.79 Å². The number of carbonyl (C=O) groups is 1. The lowest BCUT2D eigenvalue weighted by atomic mass is 10.1. The molecule has 0 spiro atoms. The van der Waals surface area contributed by atoms with Crippen LogP contribution in [0.2, 0.25) is 0 Å². The quantitative estimate of drug-likeness (QED) is 0.723. The molecule has 5 nitrogen and oxygen atoms in total. The highest BCUT2D eigenvalue weighted by Gasteiger charge is 2.18. The van der Waals surface area contributed by atoms with Crippen molar-refractivity contribution < 1.29 is 4.79 Å². The van der Waals surface area contributed by atoms with Crippen molar-refractivity contribution in [2.45, 2.75) is 59.5 Å². The molecule has 0 saturated heterocycles. The molecule has 0 fully saturated rings. The average molecular weight is 375 g/mol. The smallest absolute Gasteiger partial charge is 0.221 e. The van der Waals surface area contributed by atoms with E-state index >= 15 is 0 Å². The van der Waals surface area contributed by atoms with Gasteiger partial charge in [-0.05, 0) is 32.3 Å². The summed E-state index contributed by atoms with van der Waals surface area (Å²) >= 11 is 1.41. The third-order valence-electron chi connectivity index (χ3n) is 4.50. The fraction of sp³-hybridized carbons (Fsp3) is 0.550. The van der Waals surface area contributed by atoms with E-state index in [0.29, 0.717) is 18.9 Å². The summed E-state index contributed by atoms with van der Waals surface area (Å²) in [7, 11) is 0. The van der Waals surface area contributed by atoms with Gasteiger partial charge >= 0.3 is 0 Å². The molecule has 0 saturated carbocycles. The summed E-state index contributed by atoms with van der Waals surface area (Å²) in [6, 6.07) is 10.7. The van der Waals surface area contributed by atoms with Crippen LogP contribution in [0.3, 0.4) is 0 Å². The molecule has 0 aliphatic heterocycles.